The van der Waals surface area contributed by atoms with Crippen molar-refractivity contribution in [3.63, 3.8) is 0 Å². The molecular formula is C6H10N2O2S. The SMILES string of the molecule is CCCS(=O)(=O)n1cccn1. The quantitative estimate of drug-likeness (QED) is 0.669. The van der Waals surface area contributed by atoms with E-state index in [9.17, 15) is 8.42 Å². The molecule has 1 heterocycles. The van der Waals surface area contributed by atoms with Gasteiger partial charge in [-0.3, -0.25) is 0 Å². The number of rotatable bonds is 3. The van der Waals surface area contributed by atoms with Gasteiger partial charge in [-0.2, -0.15) is 9.19 Å². The molecule has 0 bridgehead atoms. The Morgan fingerprint density at radius 2 is 2.27 bits per heavy atom. The van der Waals surface area contributed by atoms with E-state index in [4.69, 9.17) is 0 Å². The molecule has 0 amide bonds. The Hall–Kier alpha value is -0.840. The third-order valence-electron chi connectivity index (χ3n) is 1.23. The van der Waals surface area contributed by atoms with Gasteiger partial charge in [-0.05, 0) is 12.5 Å². The molecule has 1 rings (SSSR count). The largest absolute Gasteiger partial charge is 0.253 e. The Balaban J connectivity index is 2.92. The zero-order valence-corrected chi connectivity index (χ0v) is 7.08. The lowest BCUT2D eigenvalue weighted by atomic mass is 10.6. The van der Waals surface area contributed by atoms with Crippen LogP contribution >= 0.6 is 0 Å². The van der Waals surface area contributed by atoms with Crippen molar-refractivity contribution in [3.05, 3.63) is 18.5 Å². The molecule has 0 radical (unpaired) electrons. The summed E-state index contributed by atoms with van der Waals surface area (Å²) in [6, 6.07) is 1.59. The summed E-state index contributed by atoms with van der Waals surface area (Å²) >= 11 is 0. The Morgan fingerprint density at radius 1 is 1.55 bits per heavy atom. The fourth-order valence-electron chi connectivity index (χ4n) is 0.771. The second-order valence-corrected chi connectivity index (χ2v) is 4.14. The topological polar surface area (TPSA) is 52.0 Å². The second-order valence-electron chi connectivity index (χ2n) is 2.19. The molecule has 0 unspecified atom stereocenters. The Morgan fingerprint density at radius 3 is 2.73 bits per heavy atom. The van der Waals surface area contributed by atoms with E-state index in [-0.39, 0.29) is 5.75 Å². The summed E-state index contributed by atoms with van der Waals surface area (Å²) in [6.07, 6.45) is 3.50. The maximum Gasteiger partial charge on any atom is 0.253 e. The summed E-state index contributed by atoms with van der Waals surface area (Å²) in [5.41, 5.74) is 0. The monoisotopic (exact) mass is 174 g/mol. The van der Waals surface area contributed by atoms with E-state index in [0.717, 1.165) is 4.09 Å². The van der Waals surface area contributed by atoms with Gasteiger partial charge in [-0.1, -0.05) is 6.92 Å². The summed E-state index contributed by atoms with van der Waals surface area (Å²) in [5.74, 6) is 0.147. The van der Waals surface area contributed by atoms with Crippen LogP contribution in [0.1, 0.15) is 13.3 Å². The molecule has 0 N–H and O–H groups in total. The molecule has 1 aromatic heterocycles. The van der Waals surface area contributed by atoms with Gasteiger partial charge in [0, 0.05) is 6.20 Å². The van der Waals surface area contributed by atoms with Crippen molar-refractivity contribution in [3.8, 4) is 0 Å². The second kappa shape index (κ2) is 3.04. The zero-order chi connectivity index (χ0) is 8.32. The van der Waals surface area contributed by atoms with Crippen LogP contribution in [0.15, 0.2) is 18.5 Å². The smallest absolute Gasteiger partial charge is 0.205 e. The van der Waals surface area contributed by atoms with Gasteiger partial charge in [0.1, 0.15) is 0 Å². The standard InChI is InChI=1S/C6H10N2O2S/c1-2-6-11(9,10)8-5-3-4-7-8/h3-5H,2,6H2,1H3. The minimum atomic E-state index is -3.16. The Bertz CT molecular complexity index is 301. The highest BCUT2D eigenvalue weighted by atomic mass is 32.2. The Labute approximate surface area is 65.9 Å². The molecule has 0 aliphatic rings. The third kappa shape index (κ3) is 1.80. The first-order valence-electron chi connectivity index (χ1n) is 3.39. The fourth-order valence-corrected chi connectivity index (χ4v) is 1.93. The van der Waals surface area contributed by atoms with Gasteiger partial charge < -0.3 is 0 Å². The van der Waals surface area contributed by atoms with Gasteiger partial charge in [0.15, 0.2) is 0 Å². The molecule has 0 aliphatic carbocycles. The zero-order valence-electron chi connectivity index (χ0n) is 6.27. The van der Waals surface area contributed by atoms with E-state index < -0.39 is 10.0 Å². The van der Waals surface area contributed by atoms with Crippen molar-refractivity contribution in [1.82, 2.24) is 9.19 Å². The van der Waals surface area contributed by atoms with E-state index in [1.165, 1.54) is 12.4 Å². The van der Waals surface area contributed by atoms with Crippen LogP contribution in [-0.4, -0.2) is 23.4 Å². The summed E-state index contributed by atoms with van der Waals surface area (Å²) in [5, 5.41) is 3.64. The van der Waals surface area contributed by atoms with Crippen LogP contribution in [0, 0.1) is 0 Å². The van der Waals surface area contributed by atoms with Crippen molar-refractivity contribution >= 4 is 10.0 Å². The summed E-state index contributed by atoms with van der Waals surface area (Å²) in [7, 11) is -3.16. The molecule has 0 atom stereocenters. The van der Waals surface area contributed by atoms with Gasteiger partial charge in [-0.15, -0.1) is 0 Å². The van der Waals surface area contributed by atoms with E-state index in [1.807, 2.05) is 6.92 Å². The highest BCUT2D eigenvalue weighted by molar-refractivity contribution is 7.89. The number of nitrogens with zero attached hydrogens (tertiary/aromatic N) is 2. The van der Waals surface area contributed by atoms with Gasteiger partial charge in [0.25, 0.3) is 10.0 Å². The normalized spacial score (nSPS) is 11.7. The minimum absolute atomic E-state index is 0.147. The minimum Gasteiger partial charge on any atom is -0.205 e. The first kappa shape index (κ1) is 8.26. The number of hydrogen-bond acceptors (Lipinski definition) is 3. The van der Waals surface area contributed by atoms with Crippen LogP contribution in [0.2, 0.25) is 0 Å². The van der Waals surface area contributed by atoms with E-state index in [0.29, 0.717) is 6.42 Å². The molecule has 11 heavy (non-hydrogen) atoms. The molecule has 0 aromatic carbocycles. The van der Waals surface area contributed by atoms with E-state index in [2.05, 4.69) is 5.10 Å². The molecule has 62 valence electrons. The van der Waals surface area contributed by atoms with Crippen molar-refractivity contribution in [2.45, 2.75) is 13.3 Å². The molecular weight excluding hydrogens is 164 g/mol. The highest BCUT2D eigenvalue weighted by Crippen LogP contribution is 1.96. The van der Waals surface area contributed by atoms with Gasteiger partial charge in [0.05, 0.1) is 11.9 Å². The van der Waals surface area contributed by atoms with Crippen LogP contribution in [0.3, 0.4) is 0 Å². The molecule has 0 saturated heterocycles. The lowest BCUT2D eigenvalue weighted by Gasteiger charge is -1.99. The molecule has 0 saturated carbocycles. The summed E-state index contributed by atoms with van der Waals surface area (Å²) in [6.45, 7) is 1.82. The molecule has 0 aliphatic heterocycles. The van der Waals surface area contributed by atoms with Crippen molar-refractivity contribution in [1.29, 1.82) is 0 Å². The average Bonchev–Trinajstić information content (AvgIpc) is 2.37. The van der Waals surface area contributed by atoms with Crippen LogP contribution in [-0.2, 0) is 10.0 Å². The predicted octanol–water partition coefficient (Wildman–Crippen LogP) is 0.471. The Kier molecular flexibility index (Phi) is 2.28. The highest BCUT2D eigenvalue weighted by Gasteiger charge is 2.10. The summed E-state index contributed by atoms with van der Waals surface area (Å²) < 4.78 is 23.4. The fraction of sp³-hybridized carbons (Fsp3) is 0.500. The first-order chi connectivity index (χ1) is 5.17. The molecule has 5 heteroatoms. The number of aromatic nitrogens is 2. The molecule has 1 aromatic rings. The maximum absolute atomic E-state index is 11.2. The predicted molar refractivity (Wildman–Crippen MR) is 41.7 cm³/mol. The lowest BCUT2D eigenvalue weighted by molar-refractivity contribution is 0.578. The van der Waals surface area contributed by atoms with Crippen molar-refractivity contribution in [2.24, 2.45) is 0 Å². The first-order valence-corrected chi connectivity index (χ1v) is 5.00. The van der Waals surface area contributed by atoms with Crippen molar-refractivity contribution in [2.75, 3.05) is 5.75 Å². The van der Waals surface area contributed by atoms with Crippen LogP contribution < -0.4 is 0 Å². The molecule has 0 spiro atoms. The summed E-state index contributed by atoms with van der Waals surface area (Å²) in [4.78, 5) is 0. The maximum atomic E-state index is 11.2. The van der Waals surface area contributed by atoms with E-state index >= 15 is 0 Å². The van der Waals surface area contributed by atoms with E-state index in [1.54, 1.807) is 6.07 Å². The van der Waals surface area contributed by atoms with Crippen LogP contribution in [0.25, 0.3) is 0 Å². The van der Waals surface area contributed by atoms with Gasteiger partial charge in [-0.25, -0.2) is 8.42 Å². The van der Waals surface area contributed by atoms with Gasteiger partial charge in [0.2, 0.25) is 0 Å². The van der Waals surface area contributed by atoms with Crippen LogP contribution in [0.4, 0.5) is 0 Å². The third-order valence-corrected chi connectivity index (χ3v) is 2.94. The van der Waals surface area contributed by atoms with Crippen molar-refractivity contribution < 1.29 is 8.42 Å². The number of hydrogen-bond donors (Lipinski definition) is 0. The molecule has 0 fully saturated rings. The molecule has 4 nitrogen and oxygen atoms in total. The van der Waals surface area contributed by atoms with Gasteiger partial charge >= 0.3 is 0 Å². The average molecular weight is 174 g/mol. The van der Waals surface area contributed by atoms with Crippen LogP contribution in [0.5, 0.6) is 0 Å². The lowest BCUT2D eigenvalue weighted by Crippen LogP contribution is -2.16.